The maximum absolute atomic E-state index is 13.6. The second kappa shape index (κ2) is 9.72. The first kappa shape index (κ1) is 21.7. The fourth-order valence-corrected chi connectivity index (χ4v) is 4.02. The summed E-state index contributed by atoms with van der Waals surface area (Å²) in [4.78, 5) is 13.6. The fourth-order valence-electron chi connectivity index (χ4n) is 3.55. The van der Waals surface area contributed by atoms with Crippen LogP contribution in [-0.2, 0) is 23.4 Å². The van der Waals surface area contributed by atoms with Crippen molar-refractivity contribution in [1.82, 2.24) is 9.78 Å². The van der Waals surface area contributed by atoms with E-state index < -0.39 is 11.1 Å². The number of hydrogen-bond donors (Lipinski definition) is 0. The Labute approximate surface area is 188 Å². The van der Waals surface area contributed by atoms with E-state index in [0.717, 1.165) is 16.7 Å². The highest BCUT2D eigenvalue weighted by atomic mass is 32.2. The van der Waals surface area contributed by atoms with E-state index in [1.807, 2.05) is 66.7 Å². The number of benzene rings is 3. The predicted octanol–water partition coefficient (Wildman–Crippen LogP) is 4.01. The molecular weight excluding hydrogens is 424 g/mol. The van der Waals surface area contributed by atoms with Gasteiger partial charge in [0.15, 0.2) is 0 Å². The van der Waals surface area contributed by atoms with E-state index in [1.54, 1.807) is 25.4 Å². The first-order valence-electron chi connectivity index (χ1n) is 9.99. The Hall–Kier alpha value is -3.55. The van der Waals surface area contributed by atoms with Gasteiger partial charge in [-0.2, -0.15) is 5.10 Å². The molecule has 1 heterocycles. The Morgan fingerprint density at radius 3 is 2.38 bits per heavy atom. The van der Waals surface area contributed by atoms with Crippen LogP contribution < -0.4 is 10.3 Å². The summed E-state index contributed by atoms with van der Waals surface area (Å²) in [7, 11) is 1.58. The van der Waals surface area contributed by atoms with E-state index in [0.29, 0.717) is 29.0 Å². The van der Waals surface area contributed by atoms with Crippen molar-refractivity contribution in [3.05, 3.63) is 107 Å². The Morgan fingerprint density at radius 1 is 0.938 bits per heavy atom. The molecule has 0 fully saturated rings. The number of hydrogen-bond acceptors (Lipinski definition) is 5. The van der Waals surface area contributed by atoms with Crippen molar-refractivity contribution in [2.75, 3.05) is 7.11 Å². The Bertz CT molecular complexity index is 1300. The van der Waals surface area contributed by atoms with Crippen LogP contribution in [0.15, 0.2) is 89.9 Å². The summed E-state index contributed by atoms with van der Waals surface area (Å²) in [5.41, 5.74) is 4.11. The second-order valence-electron chi connectivity index (χ2n) is 7.26. The summed E-state index contributed by atoms with van der Waals surface area (Å²) < 4.78 is 28.8. The highest BCUT2D eigenvalue weighted by Gasteiger charge is 2.16. The Morgan fingerprint density at radius 2 is 1.69 bits per heavy atom. The molecule has 0 radical (unpaired) electrons. The Kier molecular flexibility index (Phi) is 6.58. The molecule has 1 aromatic heterocycles. The average molecular weight is 446 g/mol. The molecule has 0 saturated heterocycles. The smallest absolute Gasteiger partial charge is 0.275 e. The minimum Gasteiger partial charge on any atom is -0.772 e. The van der Waals surface area contributed by atoms with Gasteiger partial charge in [-0.1, -0.05) is 77.8 Å². The van der Waals surface area contributed by atoms with Gasteiger partial charge in [0.1, 0.15) is 5.75 Å². The number of methoxy groups -OCH3 is 1. The molecule has 0 aliphatic carbocycles. The average Bonchev–Trinajstić information content (AvgIpc) is 2.81. The number of rotatable bonds is 7. The van der Waals surface area contributed by atoms with Gasteiger partial charge < -0.3 is 9.29 Å². The normalized spacial score (nSPS) is 11.8. The summed E-state index contributed by atoms with van der Waals surface area (Å²) in [5, 5.41) is 4.42. The first-order valence-corrected chi connectivity index (χ1v) is 11.2. The van der Waals surface area contributed by atoms with Gasteiger partial charge >= 0.3 is 0 Å². The molecular formula is C25H21N2O4S-. The van der Waals surface area contributed by atoms with Crippen molar-refractivity contribution < 1.29 is 13.5 Å². The zero-order chi connectivity index (χ0) is 22.5. The molecule has 0 aliphatic rings. The second-order valence-corrected chi connectivity index (χ2v) is 8.15. The Balaban J connectivity index is 1.84. The molecule has 7 heteroatoms. The van der Waals surface area contributed by atoms with E-state index in [1.165, 1.54) is 4.68 Å². The third kappa shape index (κ3) is 4.85. The summed E-state index contributed by atoms with van der Waals surface area (Å²) >= 11 is -2.16. The molecule has 1 unspecified atom stereocenters. The molecule has 0 aliphatic heterocycles. The lowest BCUT2D eigenvalue weighted by Gasteiger charge is -2.14. The molecule has 0 saturated carbocycles. The maximum Gasteiger partial charge on any atom is 0.275 e. The summed E-state index contributed by atoms with van der Waals surface area (Å²) in [6.07, 6.45) is 1.68. The van der Waals surface area contributed by atoms with Crippen LogP contribution in [0.3, 0.4) is 0 Å². The zero-order valence-electron chi connectivity index (χ0n) is 17.4. The van der Waals surface area contributed by atoms with Crippen LogP contribution in [0, 0.1) is 0 Å². The molecule has 0 amide bonds. The quantitative estimate of drug-likeness (QED) is 0.401. The van der Waals surface area contributed by atoms with Crippen LogP contribution in [0.25, 0.3) is 22.3 Å². The molecule has 32 heavy (non-hydrogen) atoms. The molecule has 0 spiro atoms. The molecule has 0 N–H and O–H groups in total. The van der Waals surface area contributed by atoms with Gasteiger partial charge in [-0.15, -0.1) is 0 Å². The summed E-state index contributed by atoms with van der Waals surface area (Å²) in [6, 6.07) is 24.1. The van der Waals surface area contributed by atoms with Crippen LogP contribution in [0.4, 0.5) is 0 Å². The van der Waals surface area contributed by atoms with E-state index >= 15 is 0 Å². The molecule has 1 atom stereocenters. The third-order valence-electron chi connectivity index (χ3n) is 5.13. The minimum atomic E-state index is -2.16. The van der Waals surface area contributed by atoms with Gasteiger partial charge in [-0.05, 0) is 34.4 Å². The molecule has 162 valence electrons. The molecule has 3 aromatic carbocycles. The molecule has 4 rings (SSSR count). The first-order chi connectivity index (χ1) is 15.5. The topological polar surface area (TPSA) is 84.2 Å². The van der Waals surface area contributed by atoms with Crippen molar-refractivity contribution >= 4 is 11.1 Å². The fraction of sp³-hybridized carbons (Fsp3) is 0.120. The van der Waals surface area contributed by atoms with Crippen molar-refractivity contribution in [1.29, 1.82) is 0 Å². The van der Waals surface area contributed by atoms with E-state index in [4.69, 9.17) is 4.74 Å². The highest BCUT2D eigenvalue weighted by molar-refractivity contribution is 7.78. The lowest BCUT2D eigenvalue weighted by molar-refractivity contribution is 0.415. The predicted molar refractivity (Wildman–Crippen MR) is 124 cm³/mol. The SMILES string of the molecule is COc1cccc(-c2c(-c3ccc(CS(=O)[O-])cc3)cnn(Cc3ccccc3)c2=O)c1. The van der Waals surface area contributed by atoms with Crippen LogP contribution in [0.2, 0.25) is 0 Å². The summed E-state index contributed by atoms with van der Waals surface area (Å²) in [6.45, 7) is 0.352. The molecule has 0 bridgehead atoms. The van der Waals surface area contributed by atoms with Gasteiger partial charge in [0.25, 0.3) is 5.56 Å². The van der Waals surface area contributed by atoms with Crippen LogP contribution in [0.1, 0.15) is 11.1 Å². The number of ether oxygens (including phenoxy) is 1. The highest BCUT2D eigenvalue weighted by Crippen LogP contribution is 2.31. The van der Waals surface area contributed by atoms with E-state index in [2.05, 4.69) is 5.10 Å². The van der Waals surface area contributed by atoms with Crippen molar-refractivity contribution in [2.45, 2.75) is 12.3 Å². The van der Waals surface area contributed by atoms with Crippen molar-refractivity contribution in [3.8, 4) is 28.0 Å². The van der Waals surface area contributed by atoms with E-state index in [-0.39, 0.29) is 11.3 Å². The third-order valence-corrected chi connectivity index (χ3v) is 5.70. The number of nitrogens with zero attached hydrogens (tertiary/aromatic N) is 2. The van der Waals surface area contributed by atoms with Gasteiger partial charge in [-0.3, -0.25) is 9.00 Å². The maximum atomic E-state index is 13.6. The van der Waals surface area contributed by atoms with Gasteiger partial charge in [0.05, 0.1) is 25.4 Å². The van der Waals surface area contributed by atoms with Crippen molar-refractivity contribution in [2.24, 2.45) is 0 Å². The van der Waals surface area contributed by atoms with Crippen LogP contribution >= 0.6 is 0 Å². The lowest BCUT2D eigenvalue weighted by atomic mass is 9.96. The monoisotopic (exact) mass is 445 g/mol. The zero-order valence-corrected chi connectivity index (χ0v) is 18.2. The van der Waals surface area contributed by atoms with Crippen molar-refractivity contribution in [3.63, 3.8) is 0 Å². The van der Waals surface area contributed by atoms with Crippen LogP contribution in [0.5, 0.6) is 5.75 Å². The minimum absolute atomic E-state index is 0.0556. The van der Waals surface area contributed by atoms with Gasteiger partial charge in [0.2, 0.25) is 0 Å². The molecule has 6 nitrogen and oxygen atoms in total. The summed E-state index contributed by atoms with van der Waals surface area (Å²) in [5.74, 6) is 0.590. The van der Waals surface area contributed by atoms with Gasteiger partial charge in [0, 0.05) is 11.3 Å². The van der Waals surface area contributed by atoms with Crippen LogP contribution in [-0.4, -0.2) is 25.7 Å². The standard InChI is InChI=1S/C25H22N2O4S/c1-31-22-9-5-8-21(14-22)24-23(20-12-10-19(11-13-20)17-32(29)30)15-26-27(25(24)28)16-18-6-3-2-4-7-18/h2-15H,16-17H2,1H3,(H,29,30)/p-1. The molecule has 4 aromatic rings. The largest absolute Gasteiger partial charge is 0.772 e. The van der Waals surface area contributed by atoms with E-state index in [9.17, 15) is 13.6 Å². The number of aromatic nitrogens is 2. The lowest BCUT2D eigenvalue weighted by Crippen LogP contribution is -2.25. The van der Waals surface area contributed by atoms with Gasteiger partial charge in [-0.25, -0.2) is 4.68 Å².